The molecule has 0 radical (unpaired) electrons. The molecular formula is C132H78N16. The Labute approximate surface area is 841 Å². The van der Waals surface area contributed by atoms with Gasteiger partial charge in [-0.15, -0.1) is 0 Å². The maximum absolute atomic E-state index is 6.31. The molecule has 12 heterocycles. The minimum Gasteiger partial charge on any atom is -0.309 e. The fourth-order valence-electron chi connectivity index (χ4n) is 25.1. The van der Waals surface area contributed by atoms with Gasteiger partial charge in [0.25, 0.3) is 0 Å². The van der Waals surface area contributed by atoms with Gasteiger partial charge >= 0.3 is 0 Å². The SMILES string of the molecule is c1ccc(-c2nc(-n3c4ccccc4c4cc5c(cc43)c3ccccc3n5-c3ccccc3)nc(-n3c4ccc(-c5cccc6c5c5ccc7c8ccccc8n(-c8ccccc8)c7c5n6-c5nc(-n6c7ccccc7c7ccc8c9ccccc9n(-c9ccccc9)c8c76)nc(-n6c7ccccc7c7ccc8c9ccccc9n(-c9ccccc9)c8c76)n5)cc4c4cc5c(cc43)c3ccccc3n5-c3ccccc3)n2)cc1. The second-order valence-electron chi connectivity index (χ2n) is 38.8. The van der Waals surface area contributed by atoms with Crippen LogP contribution < -0.4 is 0 Å². The summed E-state index contributed by atoms with van der Waals surface area (Å²) in [7, 11) is 0. The lowest BCUT2D eigenvalue weighted by atomic mass is 9.97. The van der Waals surface area contributed by atoms with Crippen LogP contribution in [0.3, 0.4) is 0 Å². The number of nitrogens with zero attached hydrogens (tertiary/aromatic N) is 16. The Balaban J connectivity index is 0.694. The van der Waals surface area contributed by atoms with Crippen molar-refractivity contribution in [2.45, 2.75) is 0 Å². The highest BCUT2D eigenvalue weighted by Gasteiger charge is 2.33. The van der Waals surface area contributed by atoms with Crippen LogP contribution in [0.1, 0.15) is 0 Å². The summed E-state index contributed by atoms with van der Waals surface area (Å²) in [6.45, 7) is 0. The molecule has 0 aliphatic carbocycles. The van der Waals surface area contributed by atoms with Gasteiger partial charge < -0.3 is 22.8 Å². The third-order valence-corrected chi connectivity index (χ3v) is 31.2. The van der Waals surface area contributed by atoms with Crippen LogP contribution in [0.25, 0.3) is 299 Å². The van der Waals surface area contributed by atoms with Crippen molar-refractivity contribution in [1.82, 2.24) is 75.6 Å². The Kier molecular flexibility index (Phi) is 16.6. The summed E-state index contributed by atoms with van der Waals surface area (Å²) in [6.07, 6.45) is 0. The molecule has 16 heteroatoms. The molecule has 0 fully saturated rings. The molecule has 21 aromatic carbocycles. The lowest BCUT2D eigenvalue weighted by Gasteiger charge is -2.16. The third-order valence-electron chi connectivity index (χ3n) is 31.2. The number of rotatable bonds is 12. The molecule has 33 aromatic rings. The van der Waals surface area contributed by atoms with Gasteiger partial charge in [0.05, 0.1) is 110 Å². The van der Waals surface area contributed by atoms with Crippen LogP contribution in [-0.2, 0) is 0 Å². The molecule has 0 unspecified atom stereocenters. The van der Waals surface area contributed by atoms with Gasteiger partial charge in [-0.3, -0.25) is 22.8 Å². The van der Waals surface area contributed by atoms with Crippen molar-refractivity contribution >= 4 is 218 Å². The Bertz CT molecular complexity index is 11300. The first-order valence-corrected chi connectivity index (χ1v) is 50.2. The predicted molar refractivity (Wildman–Crippen MR) is 607 cm³/mol. The molecule has 0 atom stereocenters. The summed E-state index contributed by atoms with van der Waals surface area (Å²) in [4.78, 5) is 36.2. The standard InChI is InChI=1S/C132H78N16/c1-7-36-79(37-8-1)127-133-128(144-111-62-32-26-55-94(111)104-75-116-102(76-118(104)144)92-53-24-27-57-106(92)139(116)81-38-9-2-10-39-81)135-129(134-127)145-114-73-66-80(74-101(114)105-78-117-103(77-119(105)145)93-54-25-28-58-107(93)140(117)82-40-11-3-12-41-82)86-56-35-65-115-120(86)100-72-71-97-89-50-21-31-61-110(89)143(85-46-17-6-18-47-85)123(97)126(100)148(115)132-137-130(146-112-63-33-22-51-90(112)98-69-67-95-87-48-19-29-59-108(87)141(121(95)124(98)146)83-42-13-4-14-43-83)136-131(138-132)147-113-64-34-23-52-91(113)99-70-68-96-88-49-20-30-60-109(88)142(122(96)125(99)147)84-44-15-5-16-45-84/h1-78H. The van der Waals surface area contributed by atoms with E-state index in [1.165, 1.54) is 0 Å². The molecular weight excluding hydrogens is 1810 g/mol. The zero-order valence-corrected chi connectivity index (χ0v) is 79.2. The van der Waals surface area contributed by atoms with Gasteiger partial charge in [0.2, 0.25) is 29.7 Å². The molecule has 16 nitrogen and oxygen atoms in total. The van der Waals surface area contributed by atoms with Crippen LogP contribution in [-0.4, -0.2) is 75.6 Å². The molecule has 0 N–H and O–H groups in total. The molecule has 686 valence electrons. The Morgan fingerprint density at radius 2 is 0.351 bits per heavy atom. The van der Waals surface area contributed by atoms with Crippen molar-refractivity contribution < 1.29 is 0 Å². The maximum Gasteiger partial charge on any atom is 0.241 e. The van der Waals surface area contributed by atoms with Gasteiger partial charge in [-0.25, -0.2) is 0 Å². The molecule has 0 amide bonds. The van der Waals surface area contributed by atoms with Crippen LogP contribution in [0.4, 0.5) is 0 Å². The molecule has 0 aliphatic heterocycles. The summed E-state index contributed by atoms with van der Waals surface area (Å²) in [6, 6.07) is 172. The smallest absolute Gasteiger partial charge is 0.241 e. The molecule has 0 aliphatic rings. The molecule has 0 spiro atoms. The summed E-state index contributed by atoms with van der Waals surface area (Å²) >= 11 is 0. The first-order chi connectivity index (χ1) is 73.5. The van der Waals surface area contributed by atoms with Gasteiger partial charge in [0.15, 0.2) is 5.82 Å². The molecule has 0 saturated carbocycles. The summed E-state index contributed by atoms with van der Waals surface area (Å²) in [5.41, 5.74) is 28.0. The van der Waals surface area contributed by atoms with Crippen LogP contribution in [0.5, 0.6) is 0 Å². The molecule has 148 heavy (non-hydrogen) atoms. The molecule has 0 saturated heterocycles. The summed E-state index contributed by atoms with van der Waals surface area (Å²) < 4.78 is 23.8. The fraction of sp³-hybridized carbons (Fsp3) is 0. The van der Waals surface area contributed by atoms with E-state index in [0.29, 0.717) is 35.6 Å². The highest BCUT2D eigenvalue weighted by atomic mass is 15.3. The van der Waals surface area contributed by atoms with Crippen molar-refractivity contribution in [1.29, 1.82) is 0 Å². The van der Waals surface area contributed by atoms with Gasteiger partial charge in [-0.05, 0) is 163 Å². The van der Waals surface area contributed by atoms with Crippen LogP contribution in [0, 0.1) is 0 Å². The van der Waals surface area contributed by atoms with E-state index in [1.54, 1.807) is 0 Å². The monoisotopic (exact) mass is 1890 g/mol. The Morgan fingerprint density at radius 1 is 0.122 bits per heavy atom. The quantitative estimate of drug-likeness (QED) is 0.120. The number of fused-ring (bicyclic) bond motifs is 33. The highest BCUT2D eigenvalue weighted by Crippen LogP contribution is 2.52. The zero-order chi connectivity index (χ0) is 96.3. The molecule has 0 bridgehead atoms. The average molecular weight is 1890 g/mol. The summed E-state index contributed by atoms with van der Waals surface area (Å²) in [5.74, 6) is 2.73. The normalized spacial score (nSPS) is 12.3. The lowest BCUT2D eigenvalue weighted by Crippen LogP contribution is -2.14. The van der Waals surface area contributed by atoms with Crippen molar-refractivity contribution in [2.24, 2.45) is 0 Å². The van der Waals surface area contributed by atoms with E-state index in [4.69, 9.17) is 29.9 Å². The van der Waals surface area contributed by atoms with Crippen molar-refractivity contribution in [3.8, 4) is 80.7 Å². The minimum absolute atomic E-state index is 0.408. The van der Waals surface area contributed by atoms with E-state index in [2.05, 4.69) is 513 Å². The van der Waals surface area contributed by atoms with E-state index < -0.39 is 0 Å². The van der Waals surface area contributed by atoms with E-state index in [1.807, 2.05) is 6.07 Å². The fourth-order valence-corrected chi connectivity index (χ4v) is 25.1. The molecule has 33 rings (SSSR count). The van der Waals surface area contributed by atoms with E-state index in [9.17, 15) is 0 Å². The number of hydrogen-bond donors (Lipinski definition) is 0. The minimum atomic E-state index is 0.408. The maximum atomic E-state index is 6.31. The van der Waals surface area contributed by atoms with Gasteiger partial charge in [0, 0.05) is 142 Å². The third kappa shape index (κ3) is 11.2. The Hall–Kier alpha value is -20.4. The van der Waals surface area contributed by atoms with E-state index in [-0.39, 0.29) is 0 Å². The number of hydrogen-bond acceptors (Lipinski definition) is 6. The predicted octanol–water partition coefficient (Wildman–Crippen LogP) is 32.4. The van der Waals surface area contributed by atoms with Crippen molar-refractivity contribution in [3.05, 3.63) is 473 Å². The van der Waals surface area contributed by atoms with Gasteiger partial charge in [0.1, 0.15) is 0 Å². The average Bonchev–Trinajstić information content (AvgIpc) is 1.53. The largest absolute Gasteiger partial charge is 0.309 e. The Morgan fingerprint density at radius 3 is 0.703 bits per heavy atom. The zero-order valence-electron chi connectivity index (χ0n) is 79.2. The first-order valence-electron chi connectivity index (χ1n) is 50.2. The lowest BCUT2D eigenvalue weighted by molar-refractivity contribution is 0.848. The number of para-hydroxylation sites is 13. The second kappa shape index (κ2) is 30.6. The van der Waals surface area contributed by atoms with Crippen molar-refractivity contribution in [2.75, 3.05) is 0 Å². The summed E-state index contributed by atoms with van der Waals surface area (Å²) in [5, 5.41) is 21.4. The van der Waals surface area contributed by atoms with E-state index in [0.717, 1.165) is 263 Å². The van der Waals surface area contributed by atoms with Gasteiger partial charge in [-0.1, -0.05) is 322 Å². The number of aromatic nitrogens is 16. The van der Waals surface area contributed by atoms with Crippen LogP contribution in [0.2, 0.25) is 0 Å². The van der Waals surface area contributed by atoms with E-state index >= 15 is 0 Å². The number of benzene rings is 21. The second-order valence-corrected chi connectivity index (χ2v) is 38.8. The highest BCUT2D eigenvalue weighted by molar-refractivity contribution is 6.30. The molecule has 12 aromatic heterocycles. The van der Waals surface area contributed by atoms with Crippen LogP contribution in [0.15, 0.2) is 473 Å². The first kappa shape index (κ1) is 80.3. The van der Waals surface area contributed by atoms with Crippen LogP contribution >= 0.6 is 0 Å². The van der Waals surface area contributed by atoms with Crippen molar-refractivity contribution in [3.63, 3.8) is 0 Å². The van der Waals surface area contributed by atoms with Gasteiger partial charge in [-0.2, -0.15) is 29.9 Å². The topological polar surface area (TPSA) is 127 Å².